The highest BCUT2D eigenvalue weighted by Crippen LogP contribution is 2.33. The molecular weight excluding hydrogens is 257 g/mol. The van der Waals surface area contributed by atoms with E-state index >= 15 is 0 Å². The lowest BCUT2D eigenvalue weighted by molar-refractivity contribution is 0.594. The summed E-state index contributed by atoms with van der Waals surface area (Å²) >= 11 is 1.62. The molecular formula is C16H18FNS. The van der Waals surface area contributed by atoms with Gasteiger partial charge in [0, 0.05) is 21.9 Å². The number of benzene rings is 2. The van der Waals surface area contributed by atoms with E-state index in [-0.39, 0.29) is 5.82 Å². The van der Waals surface area contributed by atoms with E-state index in [1.165, 1.54) is 22.1 Å². The first kappa shape index (κ1) is 14.1. The van der Waals surface area contributed by atoms with Crippen LogP contribution in [0.1, 0.15) is 16.7 Å². The van der Waals surface area contributed by atoms with Crippen LogP contribution in [0.25, 0.3) is 0 Å². The van der Waals surface area contributed by atoms with Gasteiger partial charge in [0.05, 0.1) is 0 Å². The maximum absolute atomic E-state index is 13.9. The minimum Gasteiger partial charge on any atom is -0.316 e. The van der Waals surface area contributed by atoms with Gasteiger partial charge in [-0.3, -0.25) is 0 Å². The Hall–Kier alpha value is -1.32. The zero-order valence-corrected chi connectivity index (χ0v) is 12.3. The average Bonchev–Trinajstić information content (AvgIpc) is 2.37. The molecule has 0 fully saturated rings. The van der Waals surface area contributed by atoms with Crippen molar-refractivity contribution in [2.75, 3.05) is 7.05 Å². The topological polar surface area (TPSA) is 12.0 Å². The quantitative estimate of drug-likeness (QED) is 0.892. The molecule has 0 aromatic heterocycles. The lowest BCUT2D eigenvalue weighted by atomic mass is 10.2. The van der Waals surface area contributed by atoms with E-state index in [2.05, 4.69) is 37.4 Å². The third kappa shape index (κ3) is 3.37. The summed E-state index contributed by atoms with van der Waals surface area (Å²) in [5, 5.41) is 3.02. The second kappa shape index (κ2) is 6.22. The van der Waals surface area contributed by atoms with Gasteiger partial charge in [0.1, 0.15) is 5.82 Å². The second-order valence-corrected chi connectivity index (χ2v) is 5.70. The third-order valence-electron chi connectivity index (χ3n) is 2.98. The van der Waals surface area contributed by atoms with E-state index in [4.69, 9.17) is 0 Å². The molecule has 2 aromatic rings. The average molecular weight is 275 g/mol. The molecule has 0 saturated carbocycles. The van der Waals surface area contributed by atoms with E-state index in [1.807, 2.05) is 13.1 Å². The zero-order valence-electron chi connectivity index (χ0n) is 11.5. The van der Waals surface area contributed by atoms with Gasteiger partial charge in [0.15, 0.2) is 0 Å². The van der Waals surface area contributed by atoms with Gasteiger partial charge in [0.2, 0.25) is 0 Å². The molecule has 0 spiro atoms. The maximum atomic E-state index is 13.9. The fourth-order valence-corrected chi connectivity index (χ4v) is 3.05. The minimum absolute atomic E-state index is 0.149. The van der Waals surface area contributed by atoms with Crippen LogP contribution in [0.2, 0.25) is 0 Å². The minimum atomic E-state index is -0.149. The molecule has 0 atom stereocenters. The van der Waals surface area contributed by atoms with Gasteiger partial charge in [-0.2, -0.15) is 0 Å². The van der Waals surface area contributed by atoms with E-state index in [1.54, 1.807) is 17.8 Å². The first-order valence-corrected chi connectivity index (χ1v) is 7.10. The fraction of sp³-hybridized carbons (Fsp3) is 0.250. The van der Waals surface area contributed by atoms with Crippen molar-refractivity contribution in [1.29, 1.82) is 0 Å². The van der Waals surface area contributed by atoms with Crippen LogP contribution in [-0.4, -0.2) is 7.05 Å². The molecule has 0 radical (unpaired) electrons. The number of hydrogen-bond donors (Lipinski definition) is 1. The van der Waals surface area contributed by atoms with Crippen molar-refractivity contribution < 1.29 is 4.39 Å². The molecule has 0 unspecified atom stereocenters. The maximum Gasteiger partial charge on any atom is 0.128 e. The normalized spacial score (nSPS) is 10.7. The molecule has 0 aliphatic rings. The Kier molecular flexibility index (Phi) is 4.61. The lowest BCUT2D eigenvalue weighted by Gasteiger charge is -2.11. The molecule has 3 heteroatoms. The molecule has 1 nitrogen and oxygen atoms in total. The van der Waals surface area contributed by atoms with Gasteiger partial charge in [-0.05, 0) is 44.7 Å². The van der Waals surface area contributed by atoms with Gasteiger partial charge < -0.3 is 5.32 Å². The van der Waals surface area contributed by atoms with Crippen LogP contribution < -0.4 is 5.32 Å². The first-order valence-electron chi connectivity index (χ1n) is 6.29. The third-order valence-corrected chi connectivity index (χ3v) is 4.26. The van der Waals surface area contributed by atoms with Crippen molar-refractivity contribution in [3.8, 4) is 0 Å². The van der Waals surface area contributed by atoms with Crippen molar-refractivity contribution >= 4 is 11.8 Å². The molecule has 0 aliphatic heterocycles. The lowest BCUT2D eigenvalue weighted by Crippen LogP contribution is -2.08. The van der Waals surface area contributed by atoms with Gasteiger partial charge in [-0.1, -0.05) is 35.5 Å². The summed E-state index contributed by atoms with van der Waals surface area (Å²) < 4.78 is 13.9. The summed E-state index contributed by atoms with van der Waals surface area (Å²) in [5.41, 5.74) is 3.20. The summed E-state index contributed by atoms with van der Waals surface area (Å²) in [7, 11) is 1.83. The Morgan fingerprint density at radius 1 is 1.11 bits per heavy atom. The Balaban J connectivity index is 2.35. The van der Waals surface area contributed by atoms with Crippen molar-refractivity contribution in [1.82, 2.24) is 5.32 Å². The van der Waals surface area contributed by atoms with Crippen LogP contribution in [0.4, 0.5) is 4.39 Å². The summed E-state index contributed by atoms with van der Waals surface area (Å²) in [6.07, 6.45) is 0. The first-order chi connectivity index (χ1) is 9.11. The molecule has 19 heavy (non-hydrogen) atoms. The Bertz CT molecular complexity index is 581. The van der Waals surface area contributed by atoms with Crippen LogP contribution in [0.5, 0.6) is 0 Å². The van der Waals surface area contributed by atoms with E-state index in [0.717, 1.165) is 10.5 Å². The smallest absolute Gasteiger partial charge is 0.128 e. The summed E-state index contributed by atoms with van der Waals surface area (Å²) in [6.45, 7) is 4.71. The standard InChI is InChI=1S/C16H18FNS/c1-11-7-8-15(12(2)9-11)19-16-6-4-5-14(17)13(16)10-18-3/h4-9,18H,10H2,1-3H3. The highest BCUT2D eigenvalue weighted by Gasteiger charge is 2.10. The van der Waals surface area contributed by atoms with Gasteiger partial charge in [0.25, 0.3) is 0 Å². The monoisotopic (exact) mass is 275 g/mol. The number of aryl methyl sites for hydroxylation is 2. The number of hydrogen-bond acceptors (Lipinski definition) is 2. The van der Waals surface area contributed by atoms with Crippen molar-refractivity contribution in [2.24, 2.45) is 0 Å². The molecule has 0 amide bonds. The van der Waals surface area contributed by atoms with Crippen molar-refractivity contribution in [2.45, 2.75) is 30.2 Å². The predicted molar refractivity (Wildman–Crippen MR) is 79.2 cm³/mol. The summed E-state index contributed by atoms with van der Waals surface area (Å²) in [6, 6.07) is 11.6. The zero-order chi connectivity index (χ0) is 13.8. The molecule has 2 aromatic carbocycles. The van der Waals surface area contributed by atoms with Crippen molar-refractivity contribution in [3.05, 3.63) is 58.9 Å². The molecule has 2 rings (SSSR count). The van der Waals surface area contributed by atoms with E-state index in [0.29, 0.717) is 6.54 Å². The molecule has 0 aliphatic carbocycles. The largest absolute Gasteiger partial charge is 0.316 e. The van der Waals surface area contributed by atoms with Crippen LogP contribution in [-0.2, 0) is 6.54 Å². The van der Waals surface area contributed by atoms with Crippen LogP contribution >= 0.6 is 11.8 Å². The molecule has 0 saturated heterocycles. The summed E-state index contributed by atoms with van der Waals surface area (Å²) in [5.74, 6) is -0.149. The SMILES string of the molecule is CNCc1c(F)cccc1Sc1ccc(C)cc1C. The Labute approximate surface area is 118 Å². The fourth-order valence-electron chi connectivity index (χ4n) is 2.02. The highest BCUT2D eigenvalue weighted by atomic mass is 32.2. The van der Waals surface area contributed by atoms with Crippen LogP contribution in [0, 0.1) is 19.7 Å². The number of rotatable bonds is 4. The highest BCUT2D eigenvalue weighted by molar-refractivity contribution is 7.99. The Morgan fingerprint density at radius 2 is 1.89 bits per heavy atom. The molecule has 0 bridgehead atoms. The predicted octanol–water partition coefficient (Wildman–Crippen LogP) is 4.31. The second-order valence-electron chi connectivity index (χ2n) is 4.62. The van der Waals surface area contributed by atoms with Crippen LogP contribution in [0.3, 0.4) is 0 Å². The summed E-state index contributed by atoms with van der Waals surface area (Å²) in [4.78, 5) is 2.15. The molecule has 1 N–H and O–H groups in total. The van der Waals surface area contributed by atoms with Crippen LogP contribution in [0.15, 0.2) is 46.2 Å². The van der Waals surface area contributed by atoms with E-state index < -0.39 is 0 Å². The number of halogens is 1. The molecule has 100 valence electrons. The molecule has 0 heterocycles. The van der Waals surface area contributed by atoms with E-state index in [9.17, 15) is 4.39 Å². The van der Waals surface area contributed by atoms with Gasteiger partial charge in [-0.25, -0.2) is 4.39 Å². The number of nitrogens with one attached hydrogen (secondary N) is 1. The van der Waals surface area contributed by atoms with Crippen molar-refractivity contribution in [3.63, 3.8) is 0 Å². The van der Waals surface area contributed by atoms with Gasteiger partial charge in [-0.15, -0.1) is 0 Å². The Morgan fingerprint density at radius 3 is 2.58 bits per heavy atom. The van der Waals surface area contributed by atoms with Gasteiger partial charge >= 0.3 is 0 Å².